The Hall–Kier alpha value is -2.12. The number of furan rings is 1. The number of nitrogens with one attached hydrogen (secondary N) is 1. The number of hydrogen-bond donors (Lipinski definition) is 1. The van der Waals surface area contributed by atoms with Gasteiger partial charge < -0.3 is 9.73 Å². The Morgan fingerprint density at radius 2 is 1.82 bits per heavy atom. The molecule has 8 heteroatoms. The van der Waals surface area contributed by atoms with Crippen molar-refractivity contribution in [2.45, 2.75) is 9.99 Å². The molecule has 1 saturated heterocycles. The van der Waals surface area contributed by atoms with Gasteiger partial charge in [-0.2, -0.15) is 0 Å². The molecule has 1 N–H and O–H groups in total. The van der Waals surface area contributed by atoms with Crippen molar-refractivity contribution in [2.75, 3.05) is 0 Å². The molecule has 2 aromatic carbocycles. The Balaban J connectivity index is 1.49. The minimum absolute atomic E-state index is 0.223. The lowest BCUT2D eigenvalue weighted by Gasteiger charge is -1.98. The molecule has 3 aromatic rings. The largest absolute Gasteiger partial charge is 0.450 e. The Bertz CT molecular complexity index is 1090. The van der Waals surface area contributed by atoms with Crippen LogP contribution in [0.2, 0.25) is 10.0 Å². The molecule has 0 atom stereocenters. The van der Waals surface area contributed by atoms with E-state index in [2.05, 4.69) is 10.3 Å². The normalized spacial score (nSPS) is 16.7. The van der Waals surface area contributed by atoms with Crippen LogP contribution in [-0.4, -0.2) is 11.1 Å². The molecule has 0 radical (unpaired) electrons. The standard InChI is InChI=1S/C20H12Cl2N2O2S2/c21-12-5-8-14(9-6-12)27-18-10-7-13(26-18)11-17-19(25)24-20(28-17)23-16-4-2-1-3-15(16)22/h1-11H,(H,23,24,25)/b17-11+. The number of hydrogen-bond acceptors (Lipinski definition) is 5. The molecule has 4 rings (SSSR count). The van der Waals surface area contributed by atoms with Crippen LogP contribution in [0.25, 0.3) is 6.08 Å². The number of amidine groups is 1. The summed E-state index contributed by atoms with van der Waals surface area (Å²) < 4.78 is 5.80. The second-order valence-corrected chi connectivity index (χ2v) is 8.60. The highest BCUT2D eigenvalue weighted by atomic mass is 35.5. The second kappa shape index (κ2) is 8.49. The predicted octanol–water partition coefficient (Wildman–Crippen LogP) is 6.63. The minimum Gasteiger partial charge on any atom is -0.450 e. The summed E-state index contributed by atoms with van der Waals surface area (Å²) in [6.07, 6.45) is 1.70. The summed E-state index contributed by atoms with van der Waals surface area (Å²) in [5.74, 6) is 0.368. The average Bonchev–Trinajstić information content (AvgIpc) is 3.26. The molecule has 0 bridgehead atoms. The summed E-state index contributed by atoms with van der Waals surface area (Å²) in [6, 6.07) is 18.4. The van der Waals surface area contributed by atoms with Crippen molar-refractivity contribution in [1.82, 2.24) is 5.32 Å². The van der Waals surface area contributed by atoms with Gasteiger partial charge in [0.1, 0.15) is 5.76 Å². The van der Waals surface area contributed by atoms with Gasteiger partial charge in [-0.1, -0.05) is 47.1 Å². The van der Waals surface area contributed by atoms with Gasteiger partial charge in [-0.25, -0.2) is 4.99 Å². The third kappa shape index (κ3) is 4.64. The quantitative estimate of drug-likeness (QED) is 0.456. The van der Waals surface area contributed by atoms with E-state index in [-0.39, 0.29) is 5.91 Å². The summed E-state index contributed by atoms with van der Waals surface area (Å²) in [4.78, 5) is 18.1. The van der Waals surface area contributed by atoms with E-state index in [4.69, 9.17) is 27.6 Å². The molecular formula is C20H12Cl2N2O2S2. The molecule has 1 fully saturated rings. The first-order valence-corrected chi connectivity index (χ1v) is 10.5. The fourth-order valence-corrected chi connectivity index (χ4v) is 4.24. The Morgan fingerprint density at radius 3 is 2.61 bits per heavy atom. The zero-order valence-electron chi connectivity index (χ0n) is 14.2. The molecule has 0 spiro atoms. The molecule has 4 nitrogen and oxygen atoms in total. The average molecular weight is 447 g/mol. The summed E-state index contributed by atoms with van der Waals surface area (Å²) in [5.41, 5.74) is 0.605. The zero-order valence-corrected chi connectivity index (χ0v) is 17.3. The molecular weight excluding hydrogens is 435 g/mol. The van der Waals surface area contributed by atoms with Crippen molar-refractivity contribution in [3.05, 3.63) is 81.4 Å². The molecule has 0 unspecified atom stereocenters. The molecule has 140 valence electrons. The smallest absolute Gasteiger partial charge is 0.264 e. The maximum absolute atomic E-state index is 12.2. The minimum atomic E-state index is -0.223. The van der Waals surface area contributed by atoms with Gasteiger partial charge in [0.25, 0.3) is 5.91 Å². The van der Waals surface area contributed by atoms with Gasteiger partial charge in [-0.05, 0) is 60.3 Å². The maximum atomic E-state index is 12.2. The maximum Gasteiger partial charge on any atom is 0.264 e. The van der Waals surface area contributed by atoms with Crippen molar-refractivity contribution in [3.63, 3.8) is 0 Å². The number of carbonyl (C=O) groups excluding carboxylic acids is 1. The highest BCUT2D eigenvalue weighted by Gasteiger charge is 2.24. The van der Waals surface area contributed by atoms with Crippen LogP contribution >= 0.6 is 46.7 Å². The molecule has 0 aliphatic carbocycles. The van der Waals surface area contributed by atoms with E-state index >= 15 is 0 Å². The summed E-state index contributed by atoms with van der Waals surface area (Å²) in [7, 11) is 0. The van der Waals surface area contributed by atoms with E-state index in [1.54, 1.807) is 18.2 Å². The van der Waals surface area contributed by atoms with E-state index in [0.29, 0.717) is 31.6 Å². The molecule has 1 aromatic heterocycles. The third-order valence-corrected chi connectivity index (χ3v) is 6.04. The molecule has 1 amide bonds. The van der Waals surface area contributed by atoms with E-state index < -0.39 is 0 Å². The number of thioether (sulfide) groups is 1. The van der Waals surface area contributed by atoms with Crippen molar-refractivity contribution in [2.24, 2.45) is 4.99 Å². The van der Waals surface area contributed by atoms with Gasteiger partial charge in [0, 0.05) is 16.0 Å². The predicted molar refractivity (Wildman–Crippen MR) is 117 cm³/mol. The van der Waals surface area contributed by atoms with Crippen LogP contribution < -0.4 is 5.32 Å². The van der Waals surface area contributed by atoms with Crippen LogP contribution in [0.5, 0.6) is 0 Å². The highest BCUT2D eigenvalue weighted by molar-refractivity contribution is 8.18. The fourth-order valence-electron chi connectivity index (χ4n) is 2.35. The number of aliphatic imine (C=N–C) groups is 1. The lowest BCUT2D eigenvalue weighted by molar-refractivity contribution is -0.115. The van der Waals surface area contributed by atoms with Gasteiger partial charge in [-0.3, -0.25) is 4.79 Å². The first-order valence-electron chi connectivity index (χ1n) is 8.14. The second-order valence-electron chi connectivity index (χ2n) is 5.65. The van der Waals surface area contributed by atoms with Crippen LogP contribution in [0.4, 0.5) is 5.69 Å². The Morgan fingerprint density at radius 1 is 1.04 bits per heavy atom. The van der Waals surface area contributed by atoms with Gasteiger partial charge in [-0.15, -0.1) is 0 Å². The first-order chi connectivity index (χ1) is 13.6. The molecule has 2 heterocycles. The number of carbonyl (C=O) groups is 1. The Kier molecular flexibility index (Phi) is 5.82. The van der Waals surface area contributed by atoms with E-state index in [1.807, 2.05) is 48.5 Å². The van der Waals surface area contributed by atoms with E-state index in [9.17, 15) is 4.79 Å². The number of amides is 1. The van der Waals surface area contributed by atoms with Crippen LogP contribution in [0.1, 0.15) is 5.76 Å². The van der Waals surface area contributed by atoms with Crippen LogP contribution in [0.15, 0.2) is 85.0 Å². The Labute approximate surface area is 180 Å². The van der Waals surface area contributed by atoms with Crippen molar-refractivity contribution < 1.29 is 9.21 Å². The molecule has 0 saturated carbocycles. The lowest BCUT2D eigenvalue weighted by atomic mass is 10.3. The van der Waals surface area contributed by atoms with Crippen molar-refractivity contribution >= 4 is 69.6 Å². The summed E-state index contributed by atoms with van der Waals surface area (Å²) >= 11 is 14.7. The summed E-state index contributed by atoms with van der Waals surface area (Å²) in [6.45, 7) is 0. The fraction of sp³-hybridized carbons (Fsp3) is 0. The lowest BCUT2D eigenvalue weighted by Crippen LogP contribution is -2.19. The number of nitrogens with zero attached hydrogens (tertiary/aromatic N) is 1. The molecule has 28 heavy (non-hydrogen) atoms. The highest BCUT2D eigenvalue weighted by Crippen LogP contribution is 2.33. The van der Waals surface area contributed by atoms with E-state index in [1.165, 1.54) is 23.5 Å². The third-order valence-electron chi connectivity index (χ3n) is 3.63. The number of benzene rings is 2. The molecule has 1 aliphatic heterocycles. The molecule has 1 aliphatic rings. The van der Waals surface area contributed by atoms with Crippen molar-refractivity contribution in [1.29, 1.82) is 0 Å². The number of para-hydroxylation sites is 1. The number of halogens is 2. The SMILES string of the molecule is O=C1NC(=Nc2ccccc2Cl)S/C1=C/c1ccc(Sc2ccc(Cl)cc2)o1. The van der Waals surface area contributed by atoms with Gasteiger partial charge >= 0.3 is 0 Å². The van der Waals surface area contributed by atoms with Crippen LogP contribution in [0, 0.1) is 0 Å². The topological polar surface area (TPSA) is 54.6 Å². The summed E-state index contributed by atoms with van der Waals surface area (Å²) in [5, 5.41) is 5.16. The van der Waals surface area contributed by atoms with Crippen molar-refractivity contribution in [3.8, 4) is 0 Å². The number of rotatable bonds is 4. The van der Waals surface area contributed by atoms with Gasteiger partial charge in [0.15, 0.2) is 10.3 Å². The van der Waals surface area contributed by atoms with Gasteiger partial charge in [0.05, 0.1) is 15.6 Å². The van der Waals surface area contributed by atoms with Crippen LogP contribution in [-0.2, 0) is 4.79 Å². The monoisotopic (exact) mass is 446 g/mol. The van der Waals surface area contributed by atoms with Crippen LogP contribution in [0.3, 0.4) is 0 Å². The van der Waals surface area contributed by atoms with Gasteiger partial charge in [0.2, 0.25) is 0 Å². The zero-order chi connectivity index (χ0) is 19.5. The first kappa shape index (κ1) is 19.2. The van der Waals surface area contributed by atoms with E-state index in [0.717, 1.165) is 9.99 Å².